The molecule has 112 heavy (non-hydrogen) atoms. The number of carbonyl (C=O) groups excluding carboxylic acids is 6. The second-order valence-electron chi connectivity index (χ2n) is 28.5. The van der Waals surface area contributed by atoms with Gasteiger partial charge in [0.25, 0.3) is 41.0 Å². The van der Waals surface area contributed by atoms with Crippen LogP contribution in [0.4, 0.5) is 0 Å². The van der Waals surface area contributed by atoms with Crippen LogP contribution in [0.1, 0.15) is 154 Å². The van der Waals surface area contributed by atoms with Crippen molar-refractivity contribution in [3.8, 4) is 34.5 Å². The van der Waals surface area contributed by atoms with Gasteiger partial charge in [0, 0.05) is 100 Å². The Hall–Kier alpha value is -12.7. The van der Waals surface area contributed by atoms with Crippen LogP contribution in [0.3, 0.4) is 0 Å². The molecule has 0 saturated carbocycles. The number of aromatic nitrogens is 6. The highest BCUT2D eigenvalue weighted by Crippen LogP contribution is 2.46. The van der Waals surface area contributed by atoms with Crippen molar-refractivity contribution in [2.75, 3.05) is 59.3 Å². The van der Waals surface area contributed by atoms with Crippen LogP contribution in [0.5, 0.6) is 34.5 Å². The van der Waals surface area contributed by atoms with Crippen molar-refractivity contribution in [3.05, 3.63) is 250 Å². The molecule has 3 saturated heterocycles. The molecule has 582 valence electrons. The fraction of sp³-hybridized carbons (Fsp3) is 0.326. The average Bonchev–Trinajstić information content (AvgIpc) is 1.61. The van der Waals surface area contributed by atoms with Gasteiger partial charge < -0.3 is 77.2 Å². The summed E-state index contributed by atoms with van der Waals surface area (Å²) >= 11 is 0. The molecule has 9 aromatic rings. The van der Waals surface area contributed by atoms with E-state index in [4.69, 9.17) is 38.3 Å². The summed E-state index contributed by atoms with van der Waals surface area (Å²) in [5.74, 6) is -1.14. The number of hydrogen-bond acceptors (Lipinski definition) is 19. The summed E-state index contributed by atoms with van der Waals surface area (Å²) in [5, 5.41) is 41.5. The van der Waals surface area contributed by atoms with Gasteiger partial charge in [0.05, 0.1) is 53.8 Å². The zero-order valence-electron chi connectivity index (χ0n) is 63.5. The molecule has 6 aliphatic rings. The van der Waals surface area contributed by atoms with Gasteiger partial charge in [-0.05, 0) is 125 Å². The Morgan fingerprint density at radius 3 is 0.830 bits per heavy atom. The molecule has 6 aliphatic heterocycles. The lowest BCUT2D eigenvalue weighted by Crippen LogP contribution is -2.31. The molecule has 26 heteroatoms. The highest BCUT2D eigenvalue weighted by atomic mass is 16.6. The number of aliphatic carboxylic acids is 1. The van der Waals surface area contributed by atoms with Gasteiger partial charge in [0.1, 0.15) is 56.9 Å². The summed E-state index contributed by atoms with van der Waals surface area (Å²) in [4.78, 5) is 105. The zero-order valence-corrected chi connectivity index (χ0v) is 63.5. The lowest BCUT2D eigenvalue weighted by molar-refractivity contribution is -0.140. The number of nitrogens with zero attached hydrogens (tertiary/aromatic N) is 9. The second-order valence-corrected chi connectivity index (χ2v) is 28.5. The first-order chi connectivity index (χ1) is 54.0. The molecule has 3 fully saturated rings. The fourth-order valence-corrected chi connectivity index (χ4v) is 14.1. The molecule has 0 spiro atoms. The lowest BCUT2D eigenvalue weighted by Gasteiger charge is -2.26. The molecule has 6 aromatic carbocycles. The van der Waals surface area contributed by atoms with E-state index in [1.807, 2.05) is 105 Å². The van der Waals surface area contributed by atoms with Crippen LogP contribution in [-0.2, 0) is 53.2 Å². The third-order valence-electron chi connectivity index (χ3n) is 19.9. The Morgan fingerprint density at radius 1 is 0.366 bits per heavy atom. The number of aryl methyl sites for hydroxylation is 3. The number of aliphatic hydroxyl groups excluding tert-OH is 3. The van der Waals surface area contributed by atoms with Gasteiger partial charge in [0.2, 0.25) is 0 Å². The molecule has 3 aromatic heterocycles. The van der Waals surface area contributed by atoms with Crippen LogP contribution in [0.2, 0.25) is 0 Å². The monoisotopic (exact) mass is 1520 g/mol. The molecule has 3 unspecified atom stereocenters. The molecule has 0 bridgehead atoms. The summed E-state index contributed by atoms with van der Waals surface area (Å²) in [5.41, 5.74) is 7.25. The first-order valence-electron chi connectivity index (χ1n) is 37.5. The molecule has 15 rings (SSSR count). The number of fused-ring (bicyclic) bond motifs is 3. The van der Waals surface area contributed by atoms with Crippen LogP contribution in [0, 0.1) is 0 Å². The quantitative estimate of drug-likeness (QED) is 0.0295. The van der Waals surface area contributed by atoms with Crippen LogP contribution < -0.4 is 28.4 Å². The van der Waals surface area contributed by atoms with Crippen LogP contribution in [0.15, 0.2) is 200 Å². The van der Waals surface area contributed by atoms with Gasteiger partial charge in [-0.3, -0.25) is 33.6 Å². The van der Waals surface area contributed by atoms with E-state index in [0.29, 0.717) is 167 Å². The van der Waals surface area contributed by atoms with Crippen molar-refractivity contribution in [1.29, 1.82) is 0 Å². The van der Waals surface area contributed by atoms with Gasteiger partial charge in [-0.2, -0.15) is 0 Å². The number of likely N-dealkylation sites (tertiary alicyclic amines) is 3. The van der Waals surface area contributed by atoms with E-state index in [-0.39, 0.29) is 34.0 Å². The van der Waals surface area contributed by atoms with E-state index in [2.05, 4.69) is 56.5 Å². The Kier molecular flexibility index (Phi) is 25.2. The number of carboxylic acid groups (broad SMARTS) is 1. The highest BCUT2D eigenvalue weighted by molar-refractivity contribution is 6.48. The minimum atomic E-state index is -0.833. The summed E-state index contributed by atoms with van der Waals surface area (Å²) in [6, 6.07) is 36.7. The highest BCUT2D eigenvalue weighted by Gasteiger charge is 2.49. The maximum absolute atomic E-state index is 13.3. The van der Waals surface area contributed by atoms with E-state index in [1.165, 1.54) is 0 Å². The summed E-state index contributed by atoms with van der Waals surface area (Å²) < 4.78 is 39.5. The van der Waals surface area contributed by atoms with E-state index >= 15 is 0 Å². The Bertz CT molecular complexity index is 4480. The maximum Gasteiger partial charge on any atom is 0.300 e. The lowest BCUT2D eigenvalue weighted by atomic mass is 9.93. The van der Waals surface area contributed by atoms with Gasteiger partial charge in [-0.25, -0.2) is 15.0 Å². The summed E-state index contributed by atoms with van der Waals surface area (Å²) in [6.07, 6.45) is 17.8. The molecular formula is C86H91N9O17. The number of aliphatic hydroxyl groups is 3. The van der Waals surface area contributed by atoms with Gasteiger partial charge in [-0.1, -0.05) is 114 Å². The van der Waals surface area contributed by atoms with Crippen molar-refractivity contribution >= 4 is 58.3 Å². The van der Waals surface area contributed by atoms with Crippen LogP contribution >= 0.6 is 0 Å². The topological polar surface area (TPSA) is 319 Å². The number of rotatable bonds is 21. The average molecular weight is 1520 g/mol. The van der Waals surface area contributed by atoms with E-state index in [1.54, 1.807) is 107 Å². The Labute approximate surface area is 648 Å². The number of carboxylic acids is 1. The Morgan fingerprint density at radius 2 is 0.607 bits per heavy atom. The predicted molar refractivity (Wildman–Crippen MR) is 415 cm³/mol. The maximum atomic E-state index is 13.3. The standard InChI is InChI=1S/3C28H29N3O5.C2H4O2/c3*1-18(2)19-4-6-20(7-5-19)25-24(26(32)21-8-9-22-23(16-21)36-15-14-35-22)27(33)28(34)31(25)12-3-11-30-13-10-29-17-30;1-2(3)4/h3*4-10,13,16-18,25,32H,3,11-12,14-15H2,1-2H3;1H3,(H,3,4). The van der Waals surface area contributed by atoms with Crippen molar-refractivity contribution in [2.24, 2.45) is 0 Å². The molecule has 9 heterocycles. The van der Waals surface area contributed by atoms with E-state index in [0.717, 1.165) is 40.3 Å². The van der Waals surface area contributed by atoms with Crippen molar-refractivity contribution in [3.63, 3.8) is 0 Å². The van der Waals surface area contributed by atoms with Crippen molar-refractivity contribution < 1.29 is 82.4 Å². The zero-order chi connectivity index (χ0) is 79.3. The molecule has 3 atom stereocenters. The largest absolute Gasteiger partial charge is 0.507 e. The van der Waals surface area contributed by atoms with Gasteiger partial charge >= 0.3 is 0 Å². The number of carbonyl (C=O) groups is 7. The predicted octanol–water partition coefficient (Wildman–Crippen LogP) is 13.0. The van der Waals surface area contributed by atoms with E-state index < -0.39 is 59.2 Å². The number of amides is 3. The molecule has 3 amide bonds. The van der Waals surface area contributed by atoms with Crippen LogP contribution in [-0.4, -0.2) is 164 Å². The summed E-state index contributed by atoms with van der Waals surface area (Å²) in [6.45, 7) is 19.4. The first-order valence-corrected chi connectivity index (χ1v) is 37.5. The van der Waals surface area contributed by atoms with Gasteiger partial charge in [0.15, 0.2) is 34.5 Å². The van der Waals surface area contributed by atoms with Crippen molar-refractivity contribution in [2.45, 2.75) is 123 Å². The number of imidazole rings is 3. The van der Waals surface area contributed by atoms with Gasteiger partial charge in [-0.15, -0.1) is 0 Å². The molecule has 0 radical (unpaired) electrons. The number of benzene rings is 6. The van der Waals surface area contributed by atoms with Crippen molar-refractivity contribution in [1.82, 2.24) is 43.4 Å². The third kappa shape index (κ3) is 17.9. The number of ketones is 3. The fourth-order valence-electron chi connectivity index (χ4n) is 14.1. The number of ether oxygens (including phenoxy) is 6. The second kappa shape index (κ2) is 35.7. The molecular weight excluding hydrogens is 1430 g/mol. The Balaban J connectivity index is 0.000000152. The smallest absolute Gasteiger partial charge is 0.300 e. The van der Waals surface area contributed by atoms with E-state index in [9.17, 15) is 44.1 Å². The molecule has 4 N–H and O–H groups in total. The minimum Gasteiger partial charge on any atom is -0.507 e. The number of Topliss-reactive ketones (excluding diaryl/α,β-unsaturated/α-hetero) is 3. The number of hydrogen-bond donors (Lipinski definition) is 4. The molecule has 0 aliphatic carbocycles. The normalized spacial score (nSPS) is 18.3. The minimum absolute atomic E-state index is 0.0802. The third-order valence-corrected chi connectivity index (χ3v) is 19.9. The van der Waals surface area contributed by atoms with Crippen LogP contribution in [0.25, 0.3) is 17.3 Å². The first kappa shape index (κ1) is 78.8. The summed E-state index contributed by atoms with van der Waals surface area (Å²) in [7, 11) is 0. The molecule has 26 nitrogen and oxygen atoms in total. The SMILES string of the molecule is CC(=O)O.CC(C)c1ccc(C2C(=C(O)c3ccc4c(c3)OCCO4)C(=O)C(=O)N2CCCn2ccnc2)cc1.CC(C)c1ccc(C2C(=C(O)c3ccc4c(c3)OCCO4)C(=O)C(=O)N2CCCn2ccnc2)cc1.CC(C)c1ccc(C2C(=C(O)c3ccc4c(c3)OCCO4)C(=O)C(=O)N2CCCn2ccnc2)cc1.